The highest BCUT2D eigenvalue weighted by atomic mass is 32.2. The van der Waals surface area contributed by atoms with Gasteiger partial charge in [0.05, 0.1) is 0 Å². The average Bonchev–Trinajstić information content (AvgIpc) is 3.26. The highest BCUT2D eigenvalue weighted by molar-refractivity contribution is 7.87. The highest BCUT2D eigenvalue weighted by Gasteiger charge is 2.35. The lowest BCUT2D eigenvalue weighted by molar-refractivity contribution is -0.128. The van der Waals surface area contributed by atoms with E-state index in [1.54, 1.807) is 4.90 Å². The van der Waals surface area contributed by atoms with E-state index in [1.807, 2.05) is 24.3 Å². The van der Waals surface area contributed by atoms with Gasteiger partial charge in [0.2, 0.25) is 5.91 Å². The molecule has 1 N–H and O–H groups in total. The topological polar surface area (TPSA) is 69.7 Å². The third-order valence-electron chi connectivity index (χ3n) is 5.18. The second-order valence-corrected chi connectivity index (χ2v) is 8.74. The van der Waals surface area contributed by atoms with Crippen LogP contribution in [0.4, 0.5) is 0 Å². The molecule has 6 nitrogen and oxygen atoms in total. The van der Waals surface area contributed by atoms with Crippen molar-refractivity contribution in [2.24, 2.45) is 0 Å². The van der Waals surface area contributed by atoms with Crippen molar-refractivity contribution in [3.8, 4) is 0 Å². The molecule has 138 valence electrons. The van der Waals surface area contributed by atoms with Gasteiger partial charge >= 0.3 is 0 Å². The lowest BCUT2D eigenvalue weighted by Crippen LogP contribution is -2.45. The Bertz CT molecular complexity index is 917. The van der Waals surface area contributed by atoms with Crippen molar-refractivity contribution in [2.75, 3.05) is 19.6 Å². The van der Waals surface area contributed by atoms with Crippen molar-refractivity contribution < 1.29 is 13.2 Å². The zero-order valence-electron chi connectivity index (χ0n) is 14.6. The molecule has 2 aromatic carbocycles. The second-order valence-electron chi connectivity index (χ2n) is 7.04. The average molecular weight is 373 g/mol. The van der Waals surface area contributed by atoms with Gasteiger partial charge in [0.1, 0.15) is 0 Å². The van der Waals surface area contributed by atoms with Crippen LogP contribution in [0.25, 0.3) is 10.8 Å². The molecular weight excluding hydrogens is 350 g/mol. The van der Waals surface area contributed by atoms with E-state index in [1.165, 1.54) is 4.31 Å². The third kappa shape index (κ3) is 3.47. The zero-order chi connectivity index (χ0) is 18.1. The molecule has 4 rings (SSSR count). The summed E-state index contributed by atoms with van der Waals surface area (Å²) in [6, 6.07) is 13.8. The first kappa shape index (κ1) is 17.5. The number of benzene rings is 2. The van der Waals surface area contributed by atoms with Gasteiger partial charge in [-0.05, 0) is 29.2 Å². The normalized spacial score (nSPS) is 21.8. The van der Waals surface area contributed by atoms with Crippen molar-refractivity contribution >= 4 is 26.9 Å². The van der Waals surface area contributed by atoms with Crippen LogP contribution in [0.15, 0.2) is 42.5 Å². The zero-order valence-corrected chi connectivity index (χ0v) is 15.4. The number of nitrogens with one attached hydrogen (secondary N) is 1. The van der Waals surface area contributed by atoms with Gasteiger partial charge in [0.15, 0.2) is 0 Å². The van der Waals surface area contributed by atoms with Crippen LogP contribution >= 0.6 is 0 Å². The third-order valence-corrected chi connectivity index (χ3v) is 6.85. The van der Waals surface area contributed by atoms with Crippen LogP contribution < -0.4 is 4.72 Å². The molecule has 0 aliphatic carbocycles. The summed E-state index contributed by atoms with van der Waals surface area (Å²) in [7, 11) is -3.49. The number of carbonyl (C=O) groups excluding carboxylic acids is 1. The monoisotopic (exact) mass is 373 g/mol. The maximum absolute atomic E-state index is 12.4. The fourth-order valence-electron chi connectivity index (χ4n) is 3.85. The van der Waals surface area contributed by atoms with Gasteiger partial charge in [0.25, 0.3) is 10.2 Å². The minimum Gasteiger partial charge on any atom is -0.337 e. The molecule has 2 heterocycles. The van der Waals surface area contributed by atoms with Gasteiger partial charge in [0, 0.05) is 38.6 Å². The largest absolute Gasteiger partial charge is 0.337 e. The fraction of sp³-hybridized carbons (Fsp3) is 0.421. The molecule has 1 atom stereocenters. The van der Waals surface area contributed by atoms with Crippen molar-refractivity contribution in [2.45, 2.75) is 31.8 Å². The highest BCUT2D eigenvalue weighted by Crippen LogP contribution is 2.23. The summed E-state index contributed by atoms with van der Waals surface area (Å²) in [6.45, 7) is 2.04. The summed E-state index contributed by atoms with van der Waals surface area (Å²) < 4.78 is 29.0. The maximum atomic E-state index is 12.4. The number of hydrogen-bond donors (Lipinski definition) is 1. The minimum absolute atomic E-state index is 0.00736. The smallest absolute Gasteiger partial charge is 0.279 e. The van der Waals surface area contributed by atoms with E-state index in [4.69, 9.17) is 0 Å². The summed E-state index contributed by atoms with van der Waals surface area (Å²) >= 11 is 0. The van der Waals surface area contributed by atoms with Crippen LogP contribution in [0.5, 0.6) is 0 Å². The van der Waals surface area contributed by atoms with Gasteiger partial charge in [-0.2, -0.15) is 17.4 Å². The molecule has 0 saturated carbocycles. The second kappa shape index (κ2) is 6.98. The van der Waals surface area contributed by atoms with E-state index >= 15 is 0 Å². The van der Waals surface area contributed by atoms with E-state index in [-0.39, 0.29) is 18.4 Å². The molecule has 7 heteroatoms. The number of amides is 1. The standard InChI is InChI=1S/C19H23N3O3S/c23-19-12-17(20-26(24,25)22-10-3-4-11-22)14-21(19)13-16-8-5-7-15-6-1-2-9-18(15)16/h1-2,5-9,17,20H,3-4,10-14H2. The Morgan fingerprint density at radius 1 is 1.04 bits per heavy atom. The Morgan fingerprint density at radius 3 is 2.58 bits per heavy atom. The Kier molecular flexibility index (Phi) is 4.69. The predicted octanol–water partition coefficient (Wildman–Crippen LogP) is 1.87. The Hall–Kier alpha value is -1.96. The number of fused-ring (bicyclic) bond motifs is 1. The molecule has 2 saturated heterocycles. The van der Waals surface area contributed by atoms with Crippen molar-refractivity contribution in [1.29, 1.82) is 0 Å². The summed E-state index contributed by atoms with van der Waals surface area (Å²) in [4.78, 5) is 14.2. The van der Waals surface area contributed by atoms with E-state index in [0.29, 0.717) is 26.2 Å². The van der Waals surface area contributed by atoms with Crippen molar-refractivity contribution in [3.05, 3.63) is 48.0 Å². The van der Waals surface area contributed by atoms with Crippen LogP contribution in [0.1, 0.15) is 24.8 Å². The van der Waals surface area contributed by atoms with Crippen LogP contribution in [0.2, 0.25) is 0 Å². The van der Waals surface area contributed by atoms with Crippen molar-refractivity contribution in [3.63, 3.8) is 0 Å². The number of carbonyl (C=O) groups is 1. The van der Waals surface area contributed by atoms with E-state index in [9.17, 15) is 13.2 Å². The van der Waals surface area contributed by atoms with Gasteiger partial charge in [-0.25, -0.2) is 0 Å². The molecule has 2 fully saturated rings. The van der Waals surface area contributed by atoms with Gasteiger partial charge in [-0.15, -0.1) is 0 Å². The summed E-state index contributed by atoms with van der Waals surface area (Å²) in [5, 5.41) is 2.27. The first-order valence-corrected chi connectivity index (χ1v) is 10.5. The molecule has 0 spiro atoms. The molecule has 0 radical (unpaired) electrons. The molecule has 2 aromatic rings. The quantitative estimate of drug-likeness (QED) is 0.870. The molecule has 0 aromatic heterocycles. The number of rotatable bonds is 5. The van der Waals surface area contributed by atoms with E-state index in [0.717, 1.165) is 29.2 Å². The first-order chi connectivity index (χ1) is 12.5. The number of hydrogen-bond acceptors (Lipinski definition) is 3. The van der Waals surface area contributed by atoms with Crippen LogP contribution in [0, 0.1) is 0 Å². The maximum Gasteiger partial charge on any atom is 0.279 e. The lowest BCUT2D eigenvalue weighted by Gasteiger charge is -2.21. The SMILES string of the molecule is O=C1CC(NS(=O)(=O)N2CCCC2)CN1Cc1cccc2ccccc12. The van der Waals surface area contributed by atoms with Gasteiger partial charge in [-0.3, -0.25) is 4.79 Å². The predicted molar refractivity (Wildman–Crippen MR) is 101 cm³/mol. The minimum atomic E-state index is -3.49. The number of nitrogens with zero attached hydrogens (tertiary/aromatic N) is 2. The Labute approximate surface area is 154 Å². The van der Waals surface area contributed by atoms with Crippen LogP contribution in [-0.4, -0.2) is 49.2 Å². The number of likely N-dealkylation sites (tertiary alicyclic amines) is 1. The molecule has 26 heavy (non-hydrogen) atoms. The molecule has 0 bridgehead atoms. The molecule has 2 aliphatic rings. The molecule has 1 amide bonds. The summed E-state index contributed by atoms with van der Waals surface area (Å²) in [5.41, 5.74) is 1.08. The molecule has 1 unspecified atom stereocenters. The van der Waals surface area contributed by atoms with Crippen LogP contribution in [-0.2, 0) is 21.5 Å². The fourth-order valence-corrected chi connectivity index (χ4v) is 5.32. The Balaban J connectivity index is 1.46. The summed E-state index contributed by atoms with van der Waals surface area (Å²) in [6.07, 6.45) is 2.02. The summed E-state index contributed by atoms with van der Waals surface area (Å²) in [5.74, 6) is -0.00736. The Morgan fingerprint density at radius 2 is 1.77 bits per heavy atom. The molecule has 2 aliphatic heterocycles. The van der Waals surface area contributed by atoms with Gasteiger partial charge in [-0.1, -0.05) is 42.5 Å². The van der Waals surface area contributed by atoms with E-state index < -0.39 is 10.2 Å². The van der Waals surface area contributed by atoms with Crippen molar-refractivity contribution in [1.82, 2.24) is 13.9 Å². The molecular formula is C19H23N3O3S. The van der Waals surface area contributed by atoms with E-state index in [2.05, 4.69) is 22.9 Å². The van der Waals surface area contributed by atoms with Gasteiger partial charge < -0.3 is 4.90 Å². The first-order valence-electron chi connectivity index (χ1n) is 9.05. The van der Waals surface area contributed by atoms with Crippen LogP contribution in [0.3, 0.4) is 0 Å². The lowest BCUT2D eigenvalue weighted by atomic mass is 10.0.